The summed E-state index contributed by atoms with van der Waals surface area (Å²) in [6.07, 6.45) is 2.47. The molecule has 3 rings (SSSR count). The third kappa shape index (κ3) is 3.90. The normalized spacial score (nSPS) is 12.3. The van der Waals surface area contributed by atoms with Crippen molar-refractivity contribution in [1.82, 2.24) is 0 Å². The van der Waals surface area contributed by atoms with E-state index in [0.717, 1.165) is 0 Å². The van der Waals surface area contributed by atoms with E-state index in [2.05, 4.69) is 100 Å². The standard InChI is InChI=1S/C26H30/c1-5-11-20(4)26-18-22(16-17-23(26)19(2)3)25-15-10-9-14-24(25)21-12-7-6-8-13-21/h6-10,12-20H,5,11H2,1-4H3. The van der Waals surface area contributed by atoms with E-state index in [0.29, 0.717) is 11.8 Å². The van der Waals surface area contributed by atoms with Crippen LogP contribution in [0.4, 0.5) is 0 Å². The van der Waals surface area contributed by atoms with Crippen molar-refractivity contribution in [3.8, 4) is 22.3 Å². The summed E-state index contributed by atoms with van der Waals surface area (Å²) >= 11 is 0. The number of benzene rings is 3. The second-order valence-corrected chi connectivity index (χ2v) is 7.60. The topological polar surface area (TPSA) is 0 Å². The van der Waals surface area contributed by atoms with Gasteiger partial charge in [0.2, 0.25) is 0 Å². The lowest BCUT2D eigenvalue weighted by Crippen LogP contribution is -2.02. The van der Waals surface area contributed by atoms with Gasteiger partial charge in [-0.2, -0.15) is 0 Å². The smallest absolute Gasteiger partial charge is 0.0105 e. The zero-order valence-corrected chi connectivity index (χ0v) is 16.5. The maximum Gasteiger partial charge on any atom is -0.0105 e. The fourth-order valence-corrected chi connectivity index (χ4v) is 3.89. The van der Waals surface area contributed by atoms with Crippen LogP contribution in [0.15, 0.2) is 72.8 Å². The van der Waals surface area contributed by atoms with Gasteiger partial charge in [-0.25, -0.2) is 0 Å². The highest BCUT2D eigenvalue weighted by Crippen LogP contribution is 2.36. The molecular weight excluding hydrogens is 312 g/mol. The molecule has 1 unspecified atom stereocenters. The van der Waals surface area contributed by atoms with Crippen LogP contribution >= 0.6 is 0 Å². The number of hydrogen-bond acceptors (Lipinski definition) is 0. The molecule has 0 bridgehead atoms. The molecule has 0 aromatic heterocycles. The molecule has 0 aliphatic carbocycles. The van der Waals surface area contributed by atoms with Crippen LogP contribution in [0.3, 0.4) is 0 Å². The molecule has 26 heavy (non-hydrogen) atoms. The van der Waals surface area contributed by atoms with Gasteiger partial charge in [0.05, 0.1) is 0 Å². The van der Waals surface area contributed by atoms with Crippen LogP contribution < -0.4 is 0 Å². The van der Waals surface area contributed by atoms with Gasteiger partial charge >= 0.3 is 0 Å². The highest BCUT2D eigenvalue weighted by Gasteiger charge is 2.15. The Morgan fingerprint density at radius 1 is 0.654 bits per heavy atom. The molecule has 0 amide bonds. The molecule has 0 fully saturated rings. The summed E-state index contributed by atoms with van der Waals surface area (Å²) in [4.78, 5) is 0. The van der Waals surface area contributed by atoms with Gasteiger partial charge in [0.15, 0.2) is 0 Å². The molecule has 0 aliphatic rings. The molecule has 0 heterocycles. The maximum absolute atomic E-state index is 2.44. The van der Waals surface area contributed by atoms with Crippen molar-refractivity contribution < 1.29 is 0 Å². The highest BCUT2D eigenvalue weighted by molar-refractivity contribution is 5.83. The monoisotopic (exact) mass is 342 g/mol. The second kappa shape index (κ2) is 8.36. The molecule has 0 N–H and O–H groups in total. The van der Waals surface area contributed by atoms with Crippen molar-refractivity contribution >= 4 is 0 Å². The van der Waals surface area contributed by atoms with E-state index in [9.17, 15) is 0 Å². The van der Waals surface area contributed by atoms with E-state index in [-0.39, 0.29) is 0 Å². The van der Waals surface area contributed by atoms with Crippen molar-refractivity contribution in [3.63, 3.8) is 0 Å². The minimum Gasteiger partial charge on any atom is -0.0654 e. The summed E-state index contributed by atoms with van der Waals surface area (Å²) in [6, 6.07) is 26.6. The highest BCUT2D eigenvalue weighted by atomic mass is 14.2. The average molecular weight is 343 g/mol. The predicted molar refractivity (Wildman–Crippen MR) is 115 cm³/mol. The lowest BCUT2D eigenvalue weighted by Gasteiger charge is -2.21. The molecule has 134 valence electrons. The second-order valence-electron chi connectivity index (χ2n) is 7.60. The fourth-order valence-electron chi connectivity index (χ4n) is 3.89. The van der Waals surface area contributed by atoms with Crippen molar-refractivity contribution in [2.45, 2.75) is 52.4 Å². The summed E-state index contributed by atoms with van der Waals surface area (Å²) < 4.78 is 0. The molecule has 3 aromatic carbocycles. The zero-order valence-electron chi connectivity index (χ0n) is 16.5. The average Bonchev–Trinajstić information content (AvgIpc) is 2.68. The van der Waals surface area contributed by atoms with Gasteiger partial charge in [-0.1, -0.05) is 107 Å². The van der Waals surface area contributed by atoms with Crippen LogP contribution in [0.2, 0.25) is 0 Å². The van der Waals surface area contributed by atoms with E-state index in [1.54, 1.807) is 0 Å². The van der Waals surface area contributed by atoms with E-state index >= 15 is 0 Å². The van der Waals surface area contributed by atoms with E-state index in [1.807, 2.05) is 0 Å². The van der Waals surface area contributed by atoms with Gasteiger partial charge in [0.1, 0.15) is 0 Å². The van der Waals surface area contributed by atoms with Crippen LogP contribution in [0.5, 0.6) is 0 Å². The first-order chi connectivity index (χ1) is 12.6. The molecule has 1 atom stereocenters. The largest absolute Gasteiger partial charge is 0.0654 e. The Kier molecular flexibility index (Phi) is 5.93. The van der Waals surface area contributed by atoms with Crippen molar-refractivity contribution in [2.24, 2.45) is 0 Å². The Bertz CT molecular complexity index is 843. The summed E-state index contributed by atoms with van der Waals surface area (Å²) in [5.74, 6) is 1.16. The molecule has 0 aliphatic heterocycles. The molecule has 3 aromatic rings. The van der Waals surface area contributed by atoms with E-state index in [4.69, 9.17) is 0 Å². The van der Waals surface area contributed by atoms with Gasteiger partial charge in [0, 0.05) is 0 Å². The van der Waals surface area contributed by atoms with Crippen LogP contribution in [0.25, 0.3) is 22.3 Å². The minimum absolute atomic E-state index is 0.558. The van der Waals surface area contributed by atoms with Gasteiger partial charge < -0.3 is 0 Å². The first kappa shape index (κ1) is 18.5. The SMILES string of the molecule is CCCC(C)c1cc(-c2ccccc2-c2ccccc2)ccc1C(C)C. The van der Waals surface area contributed by atoms with Gasteiger partial charge in [-0.15, -0.1) is 0 Å². The minimum atomic E-state index is 0.558. The van der Waals surface area contributed by atoms with Crippen LogP contribution in [-0.2, 0) is 0 Å². The third-order valence-electron chi connectivity index (χ3n) is 5.28. The zero-order chi connectivity index (χ0) is 18.5. The molecule has 0 saturated carbocycles. The maximum atomic E-state index is 2.44. The lowest BCUT2D eigenvalue weighted by molar-refractivity contribution is 0.651. The van der Waals surface area contributed by atoms with Crippen molar-refractivity contribution in [2.75, 3.05) is 0 Å². The molecule has 0 radical (unpaired) electrons. The van der Waals surface area contributed by atoms with Crippen LogP contribution in [0.1, 0.15) is 63.5 Å². The summed E-state index contributed by atoms with van der Waals surface area (Å²) in [6.45, 7) is 9.25. The molecule has 0 heteroatoms. The Labute approximate surface area is 158 Å². The first-order valence-electron chi connectivity index (χ1n) is 9.90. The molecular formula is C26H30. The quantitative estimate of drug-likeness (QED) is 0.425. The third-order valence-corrected chi connectivity index (χ3v) is 5.28. The molecule has 0 nitrogen and oxygen atoms in total. The van der Waals surface area contributed by atoms with Gasteiger partial charge in [-0.05, 0) is 51.6 Å². The van der Waals surface area contributed by atoms with Crippen LogP contribution in [0, 0.1) is 0 Å². The lowest BCUT2D eigenvalue weighted by atomic mass is 9.84. The van der Waals surface area contributed by atoms with Crippen LogP contribution in [-0.4, -0.2) is 0 Å². The van der Waals surface area contributed by atoms with E-state index < -0.39 is 0 Å². The van der Waals surface area contributed by atoms with E-state index in [1.165, 1.54) is 46.2 Å². The predicted octanol–water partition coefficient (Wildman–Crippen LogP) is 8.05. The summed E-state index contributed by atoms with van der Waals surface area (Å²) in [7, 11) is 0. The number of hydrogen-bond donors (Lipinski definition) is 0. The molecule has 0 spiro atoms. The summed E-state index contributed by atoms with van der Waals surface area (Å²) in [5, 5.41) is 0. The Hall–Kier alpha value is -2.34. The Morgan fingerprint density at radius 2 is 1.27 bits per heavy atom. The number of rotatable bonds is 6. The van der Waals surface area contributed by atoms with Gasteiger partial charge in [0.25, 0.3) is 0 Å². The molecule has 0 saturated heterocycles. The van der Waals surface area contributed by atoms with Crippen molar-refractivity contribution in [1.29, 1.82) is 0 Å². The summed E-state index contributed by atoms with van der Waals surface area (Å²) in [5.41, 5.74) is 8.23. The van der Waals surface area contributed by atoms with Crippen molar-refractivity contribution in [3.05, 3.63) is 83.9 Å². The fraction of sp³-hybridized carbons (Fsp3) is 0.308. The first-order valence-corrected chi connectivity index (χ1v) is 9.90. The Balaban J connectivity index is 2.12. The Morgan fingerprint density at radius 3 is 1.88 bits per heavy atom. The van der Waals surface area contributed by atoms with Gasteiger partial charge in [-0.3, -0.25) is 0 Å².